The summed E-state index contributed by atoms with van der Waals surface area (Å²) in [7, 11) is -2.21. The van der Waals surface area contributed by atoms with E-state index in [0.717, 1.165) is 4.09 Å². The number of aromatic nitrogens is 4. The lowest BCUT2D eigenvalue weighted by atomic mass is 10.2. The molecule has 0 aliphatic heterocycles. The van der Waals surface area contributed by atoms with E-state index in [1.54, 1.807) is 37.4 Å². The highest BCUT2D eigenvalue weighted by Gasteiger charge is 2.19. The van der Waals surface area contributed by atoms with Gasteiger partial charge in [-0.15, -0.1) is 9.19 Å². The molecule has 0 bridgehead atoms. The average Bonchev–Trinajstić information content (AvgIpc) is 3.15. The van der Waals surface area contributed by atoms with Crippen LogP contribution < -0.4 is 4.74 Å². The Morgan fingerprint density at radius 2 is 1.79 bits per heavy atom. The number of nitrogens with zero attached hydrogens (tertiary/aromatic N) is 4. The zero-order valence-corrected chi connectivity index (χ0v) is 14.4. The molecule has 0 amide bonds. The molecule has 2 aromatic heterocycles. The van der Waals surface area contributed by atoms with Gasteiger partial charge in [-0.1, -0.05) is 13.8 Å². The van der Waals surface area contributed by atoms with Crippen LogP contribution in [-0.2, 0) is 10.0 Å². The van der Waals surface area contributed by atoms with Crippen LogP contribution in [0.15, 0.2) is 60.0 Å². The Morgan fingerprint density at radius 1 is 1.08 bits per heavy atom. The van der Waals surface area contributed by atoms with Gasteiger partial charge in [0.2, 0.25) is 0 Å². The highest BCUT2D eigenvalue weighted by atomic mass is 32.2. The standard InChI is InChI=1S/C14H12N4O3S.C2H6/c1-21-12-6-4-11(5-7-12)14-16-10-18(17-14)22(19,20)13-3-2-8-15-9-13;1-2/h2-10H,1H3;1-2H3. The van der Waals surface area contributed by atoms with Gasteiger partial charge in [-0.05, 0) is 36.4 Å². The van der Waals surface area contributed by atoms with Crippen molar-refractivity contribution in [1.82, 2.24) is 19.2 Å². The summed E-state index contributed by atoms with van der Waals surface area (Å²) in [4.78, 5) is 7.91. The molecule has 0 spiro atoms. The number of rotatable bonds is 4. The fraction of sp³-hybridized carbons (Fsp3) is 0.188. The molecule has 0 fully saturated rings. The summed E-state index contributed by atoms with van der Waals surface area (Å²) in [5.74, 6) is 1.02. The van der Waals surface area contributed by atoms with Gasteiger partial charge in [-0.2, -0.15) is 8.42 Å². The lowest BCUT2D eigenvalue weighted by Crippen LogP contribution is -2.13. The van der Waals surface area contributed by atoms with Crippen LogP contribution in [0.25, 0.3) is 11.4 Å². The van der Waals surface area contributed by atoms with Gasteiger partial charge in [-0.3, -0.25) is 4.98 Å². The van der Waals surface area contributed by atoms with E-state index in [1.807, 2.05) is 13.8 Å². The molecule has 3 rings (SSSR count). The predicted molar refractivity (Wildman–Crippen MR) is 90.2 cm³/mol. The SMILES string of the molecule is CC.COc1ccc(-c2ncn(S(=O)(=O)c3cccnc3)n2)cc1. The van der Waals surface area contributed by atoms with Gasteiger partial charge in [0.15, 0.2) is 5.82 Å². The van der Waals surface area contributed by atoms with E-state index in [9.17, 15) is 8.42 Å². The van der Waals surface area contributed by atoms with Crippen molar-refractivity contribution in [3.63, 3.8) is 0 Å². The van der Waals surface area contributed by atoms with E-state index in [4.69, 9.17) is 4.74 Å². The van der Waals surface area contributed by atoms with Crippen LogP contribution in [0.5, 0.6) is 5.75 Å². The molecule has 0 saturated carbocycles. The Hall–Kier alpha value is -2.74. The van der Waals surface area contributed by atoms with Crippen molar-refractivity contribution >= 4 is 10.0 Å². The molecule has 0 atom stereocenters. The average molecular weight is 346 g/mol. The lowest BCUT2D eigenvalue weighted by Gasteiger charge is -2.02. The van der Waals surface area contributed by atoms with E-state index in [0.29, 0.717) is 17.1 Å². The van der Waals surface area contributed by atoms with Gasteiger partial charge in [0.25, 0.3) is 10.0 Å². The van der Waals surface area contributed by atoms with Crippen molar-refractivity contribution in [1.29, 1.82) is 0 Å². The minimum absolute atomic E-state index is 0.0566. The Kier molecular flexibility index (Phi) is 5.64. The normalized spacial score (nSPS) is 10.6. The quantitative estimate of drug-likeness (QED) is 0.722. The molecule has 0 saturated heterocycles. The van der Waals surface area contributed by atoms with Gasteiger partial charge >= 0.3 is 0 Å². The minimum atomic E-state index is -3.78. The lowest BCUT2D eigenvalue weighted by molar-refractivity contribution is 0.415. The van der Waals surface area contributed by atoms with Crippen LogP contribution in [0, 0.1) is 0 Å². The second kappa shape index (κ2) is 7.69. The number of pyridine rings is 1. The zero-order chi connectivity index (χ0) is 17.6. The van der Waals surface area contributed by atoms with E-state index in [2.05, 4.69) is 15.1 Å². The van der Waals surface area contributed by atoms with Gasteiger partial charge in [0.05, 0.1) is 7.11 Å². The largest absolute Gasteiger partial charge is 0.497 e. The number of hydrogen-bond acceptors (Lipinski definition) is 6. The maximum atomic E-state index is 12.4. The molecule has 8 heteroatoms. The van der Waals surface area contributed by atoms with Crippen LogP contribution >= 0.6 is 0 Å². The van der Waals surface area contributed by atoms with E-state index >= 15 is 0 Å². The van der Waals surface area contributed by atoms with Crippen molar-refractivity contribution in [2.75, 3.05) is 7.11 Å². The second-order valence-corrected chi connectivity index (χ2v) is 6.16. The highest BCUT2D eigenvalue weighted by Crippen LogP contribution is 2.20. The van der Waals surface area contributed by atoms with Gasteiger partial charge in [0.1, 0.15) is 17.0 Å². The fourth-order valence-corrected chi connectivity index (χ4v) is 2.86. The maximum absolute atomic E-state index is 12.4. The van der Waals surface area contributed by atoms with Crippen LogP contribution in [-0.4, -0.2) is 34.7 Å². The Morgan fingerprint density at radius 3 is 2.38 bits per heavy atom. The molecule has 0 radical (unpaired) electrons. The smallest absolute Gasteiger partial charge is 0.285 e. The number of methoxy groups -OCH3 is 1. The molecule has 0 N–H and O–H groups in total. The summed E-state index contributed by atoms with van der Waals surface area (Å²) < 4.78 is 30.7. The van der Waals surface area contributed by atoms with Crippen LogP contribution in [0.2, 0.25) is 0 Å². The first-order chi connectivity index (χ1) is 11.6. The minimum Gasteiger partial charge on any atom is -0.497 e. The van der Waals surface area contributed by atoms with Crippen molar-refractivity contribution in [2.24, 2.45) is 0 Å². The number of benzene rings is 1. The summed E-state index contributed by atoms with van der Waals surface area (Å²) in [5.41, 5.74) is 0.695. The van der Waals surface area contributed by atoms with E-state index < -0.39 is 10.0 Å². The van der Waals surface area contributed by atoms with Crippen molar-refractivity contribution < 1.29 is 13.2 Å². The first-order valence-corrected chi connectivity index (χ1v) is 8.77. The molecule has 0 aliphatic rings. The summed E-state index contributed by atoms with van der Waals surface area (Å²) >= 11 is 0. The summed E-state index contributed by atoms with van der Waals surface area (Å²) in [6.07, 6.45) is 3.94. The Labute approximate surface area is 141 Å². The van der Waals surface area contributed by atoms with Crippen molar-refractivity contribution in [2.45, 2.75) is 18.7 Å². The molecule has 1 aromatic carbocycles. The van der Waals surface area contributed by atoms with Crippen LogP contribution in [0.1, 0.15) is 13.8 Å². The maximum Gasteiger partial charge on any atom is 0.285 e. The summed E-state index contributed by atoms with van der Waals surface area (Å²) in [5, 5.41) is 4.03. The van der Waals surface area contributed by atoms with Crippen molar-refractivity contribution in [3.05, 3.63) is 55.1 Å². The number of hydrogen-bond donors (Lipinski definition) is 0. The molecule has 7 nitrogen and oxygen atoms in total. The third-order valence-electron chi connectivity index (χ3n) is 3.00. The van der Waals surface area contributed by atoms with E-state index in [1.165, 1.54) is 24.8 Å². The number of ether oxygens (including phenoxy) is 1. The third-order valence-corrected chi connectivity index (χ3v) is 4.50. The second-order valence-electron chi connectivity index (χ2n) is 4.36. The molecular formula is C16H18N4O3S. The van der Waals surface area contributed by atoms with Gasteiger partial charge in [0, 0.05) is 18.0 Å². The molecule has 2 heterocycles. The molecule has 24 heavy (non-hydrogen) atoms. The molecule has 0 unspecified atom stereocenters. The van der Waals surface area contributed by atoms with Crippen LogP contribution in [0.4, 0.5) is 0 Å². The van der Waals surface area contributed by atoms with Gasteiger partial charge in [-0.25, -0.2) is 4.98 Å². The first kappa shape index (κ1) is 17.6. The van der Waals surface area contributed by atoms with Crippen molar-refractivity contribution in [3.8, 4) is 17.1 Å². The first-order valence-electron chi connectivity index (χ1n) is 7.33. The summed E-state index contributed by atoms with van der Waals surface area (Å²) in [6.45, 7) is 4.00. The highest BCUT2D eigenvalue weighted by molar-refractivity contribution is 7.89. The predicted octanol–water partition coefficient (Wildman–Crippen LogP) is 2.61. The third kappa shape index (κ3) is 3.60. The molecule has 0 aliphatic carbocycles. The Balaban J connectivity index is 0.00000100. The molecule has 126 valence electrons. The monoisotopic (exact) mass is 346 g/mol. The molecule has 3 aromatic rings. The molecular weight excluding hydrogens is 328 g/mol. The topological polar surface area (TPSA) is 87.0 Å². The summed E-state index contributed by atoms with van der Waals surface area (Å²) in [6, 6.07) is 10.0. The fourth-order valence-electron chi connectivity index (χ4n) is 1.84. The zero-order valence-electron chi connectivity index (χ0n) is 13.6. The Bertz CT molecular complexity index is 875. The van der Waals surface area contributed by atoms with Gasteiger partial charge < -0.3 is 4.74 Å². The van der Waals surface area contributed by atoms with E-state index in [-0.39, 0.29) is 4.90 Å². The van der Waals surface area contributed by atoms with Crippen LogP contribution in [0.3, 0.4) is 0 Å².